The monoisotopic (exact) mass is 553 g/mol. The Morgan fingerprint density at radius 1 is 1.03 bits per heavy atom. The van der Waals surface area contributed by atoms with Gasteiger partial charge in [0.1, 0.15) is 17.0 Å². The van der Waals surface area contributed by atoms with Gasteiger partial charge in [-0.05, 0) is 62.1 Å². The highest BCUT2D eigenvalue weighted by molar-refractivity contribution is 6.36. The lowest BCUT2D eigenvalue weighted by Crippen LogP contribution is -2.46. The molecule has 1 aromatic heterocycles. The maximum atomic E-state index is 15.1. The number of aryl methyl sites for hydroxylation is 1. The summed E-state index contributed by atoms with van der Waals surface area (Å²) in [5, 5.41) is 4.58. The lowest BCUT2D eigenvalue weighted by atomic mass is 10.0. The largest absolute Gasteiger partial charge is 0.369 e. The molecule has 1 fully saturated rings. The van der Waals surface area contributed by atoms with Gasteiger partial charge in [0.2, 0.25) is 0 Å². The molecular weight excluding hydrogens is 524 g/mol. The molecule has 0 radical (unpaired) electrons. The number of piperazine rings is 1. The summed E-state index contributed by atoms with van der Waals surface area (Å²) in [4.78, 5) is 17.7. The van der Waals surface area contributed by atoms with Crippen LogP contribution in [0.4, 0.5) is 21.6 Å². The van der Waals surface area contributed by atoms with Crippen molar-refractivity contribution in [2.45, 2.75) is 20.4 Å². The number of fused-ring (bicyclic) bond motifs is 1. The van der Waals surface area contributed by atoms with E-state index in [-0.39, 0.29) is 11.6 Å². The summed E-state index contributed by atoms with van der Waals surface area (Å²) in [7, 11) is 0. The van der Waals surface area contributed by atoms with Crippen molar-refractivity contribution in [3.05, 3.63) is 69.4 Å². The Labute approximate surface area is 232 Å². The number of guanidine groups is 1. The maximum Gasteiger partial charge on any atom is 0.251 e. The van der Waals surface area contributed by atoms with Crippen LogP contribution in [-0.2, 0) is 6.54 Å². The summed E-state index contributed by atoms with van der Waals surface area (Å²) < 4.78 is 17.2. The fourth-order valence-electron chi connectivity index (χ4n) is 4.97. The van der Waals surface area contributed by atoms with Crippen LogP contribution in [0.5, 0.6) is 0 Å². The van der Waals surface area contributed by atoms with Crippen LogP contribution in [0.25, 0.3) is 11.1 Å². The van der Waals surface area contributed by atoms with Crippen LogP contribution >= 0.6 is 23.2 Å². The van der Waals surface area contributed by atoms with Gasteiger partial charge in [-0.3, -0.25) is 0 Å². The molecule has 2 aliphatic rings. The number of benzene rings is 2. The third-order valence-electron chi connectivity index (χ3n) is 7.03. The molecule has 0 bridgehead atoms. The van der Waals surface area contributed by atoms with E-state index in [2.05, 4.69) is 43.3 Å². The van der Waals surface area contributed by atoms with Gasteiger partial charge in [0, 0.05) is 61.1 Å². The molecule has 3 heterocycles. The molecule has 0 saturated carbocycles. The van der Waals surface area contributed by atoms with Crippen LogP contribution in [0.3, 0.4) is 0 Å². The quantitative estimate of drug-likeness (QED) is 0.329. The molecule has 2 aromatic carbocycles. The minimum Gasteiger partial charge on any atom is -0.369 e. The van der Waals surface area contributed by atoms with Crippen LogP contribution in [0.2, 0.25) is 10.0 Å². The molecule has 0 unspecified atom stereocenters. The van der Waals surface area contributed by atoms with Crippen LogP contribution in [0.15, 0.2) is 57.4 Å². The van der Waals surface area contributed by atoms with E-state index < -0.39 is 5.82 Å². The van der Waals surface area contributed by atoms with Crippen molar-refractivity contribution < 1.29 is 4.39 Å². The number of hydrogen-bond acceptors (Lipinski definition) is 4. The number of hydrogen-bond donors (Lipinski definition) is 1. The van der Waals surface area contributed by atoms with E-state index in [4.69, 9.17) is 28.2 Å². The molecule has 1 saturated heterocycles. The number of nitrogens with zero attached hydrogens (tertiary/aromatic N) is 6. The smallest absolute Gasteiger partial charge is 0.251 e. The number of pyridine rings is 1. The highest BCUT2D eigenvalue weighted by atomic mass is 35.5. The molecule has 10 heteroatoms. The first-order valence-electron chi connectivity index (χ1n) is 12.7. The highest BCUT2D eigenvalue weighted by Gasteiger charge is 2.20. The van der Waals surface area contributed by atoms with Crippen molar-refractivity contribution >= 4 is 53.1 Å². The second-order valence-corrected chi connectivity index (χ2v) is 10.2. The Kier molecular flexibility index (Phi) is 7.83. The fourth-order valence-corrected chi connectivity index (χ4v) is 5.48. The molecule has 2 aliphatic heterocycles. The molecule has 7 nitrogen and oxygen atoms in total. The summed E-state index contributed by atoms with van der Waals surface area (Å²) in [6.07, 6.45) is 0. The molecule has 5 rings (SSSR count). The van der Waals surface area contributed by atoms with E-state index >= 15 is 4.39 Å². The van der Waals surface area contributed by atoms with E-state index in [1.54, 1.807) is 12.1 Å². The molecule has 3 aromatic rings. The average Bonchev–Trinajstić information content (AvgIpc) is 3.41. The van der Waals surface area contributed by atoms with Gasteiger partial charge in [0.15, 0.2) is 5.82 Å². The molecule has 1 N–H and O–H groups in total. The van der Waals surface area contributed by atoms with Gasteiger partial charge in [-0.15, -0.1) is 0 Å². The third-order valence-corrected chi connectivity index (χ3v) is 7.57. The molecule has 0 atom stereocenters. The van der Waals surface area contributed by atoms with Crippen molar-refractivity contribution in [3.63, 3.8) is 0 Å². The van der Waals surface area contributed by atoms with E-state index in [9.17, 15) is 0 Å². The lowest BCUT2D eigenvalue weighted by Gasteiger charge is -2.35. The minimum absolute atomic E-state index is 0.0928. The summed E-state index contributed by atoms with van der Waals surface area (Å²) in [5.41, 5.74) is 4.43. The fraction of sp³-hybridized carbons (Fsp3) is 0.321. The normalized spacial score (nSPS) is 16.5. The molecule has 0 aliphatic carbocycles. The van der Waals surface area contributed by atoms with Gasteiger partial charge < -0.3 is 19.7 Å². The van der Waals surface area contributed by atoms with Crippen molar-refractivity contribution in [2.24, 2.45) is 15.0 Å². The van der Waals surface area contributed by atoms with Crippen LogP contribution in [-0.4, -0.2) is 61.4 Å². The standard InChI is InChI=1S/C28H30Cl2FN7/c1-4-36-11-13-37(14-12-36)20-6-8-25(24(31)17-20)34-28(32-3)35-26-18(2)15-22(27-33-9-10-38(26)27)21-7-5-19(29)16-23(21)30/h5-8,15-17,33H,3-4,9-14H2,1-2H3. The predicted molar refractivity (Wildman–Crippen MR) is 156 cm³/mol. The van der Waals surface area contributed by atoms with Crippen molar-refractivity contribution in [3.8, 4) is 11.1 Å². The molecule has 0 spiro atoms. The Bertz CT molecular complexity index is 1470. The van der Waals surface area contributed by atoms with Gasteiger partial charge in [-0.2, -0.15) is 4.99 Å². The average molecular weight is 555 g/mol. The maximum absolute atomic E-state index is 15.1. The SMILES string of the molecule is C=NC(=Nc1ccc(N2CCN(CC)CC2)cc1F)N=c1c(C)cc(-c2ccc(Cl)cc2Cl)c2n1CCN2. The van der Waals surface area contributed by atoms with Crippen molar-refractivity contribution in [1.82, 2.24) is 9.47 Å². The van der Waals surface area contributed by atoms with Gasteiger partial charge in [-0.1, -0.05) is 36.2 Å². The zero-order chi connectivity index (χ0) is 26.8. The number of aromatic nitrogens is 1. The van der Waals surface area contributed by atoms with Crippen LogP contribution < -0.4 is 15.7 Å². The van der Waals surface area contributed by atoms with E-state index in [0.29, 0.717) is 22.1 Å². The molecule has 198 valence electrons. The molecule has 0 amide bonds. The Hall–Kier alpha value is -3.20. The van der Waals surface area contributed by atoms with E-state index in [1.165, 1.54) is 6.07 Å². The van der Waals surface area contributed by atoms with Crippen LogP contribution in [0, 0.1) is 12.7 Å². The Morgan fingerprint density at radius 3 is 2.50 bits per heavy atom. The number of aliphatic imine (C=N–C) groups is 2. The summed E-state index contributed by atoms with van der Waals surface area (Å²) in [6.45, 7) is 13.9. The van der Waals surface area contributed by atoms with Crippen molar-refractivity contribution in [1.29, 1.82) is 0 Å². The zero-order valence-electron chi connectivity index (χ0n) is 21.5. The summed E-state index contributed by atoms with van der Waals surface area (Å²) in [5.74, 6) is 0.566. The Morgan fingerprint density at radius 2 is 1.82 bits per heavy atom. The van der Waals surface area contributed by atoms with Crippen molar-refractivity contribution in [2.75, 3.05) is 49.5 Å². The number of anilines is 2. The molecule has 38 heavy (non-hydrogen) atoms. The first-order valence-corrected chi connectivity index (χ1v) is 13.4. The number of nitrogens with one attached hydrogen (secondary N) is 1. The zero-order valence-corrected chi connectivity index (χ0v) is 23.0. The van der Waals surface area contributed by atoms with Gasteiger partial charge in [0.25, 0.3) is 5.96 Å². The van der Waals surface area contributed by atoms with Crippen LogP contribution in [0.1, 0.15) is 12.5 Å². The highest BCUT2D eigenvalue weighted by Crippen LogP contribution is 2.36. The topological polar surface area (TPSA) is 60.5 Å². The third kappa shape index (κ3) is 5.34. The van der Waals surface area contributed by atoms with Gasteiger partial charge in [0.05, 0.1) is 5.02 Å². The lowest BCUT2D eigenvalue weighted by molar-refractivity contribution is 0.271. The minimum atomic E-state index is -0.416. The van der Waals surface area contributed by atoms with Gasteiger partial charge >= 0.3 is 0 Å². The first kappa shape index (κ1) is 26.4. The van der Waals surface area contributed by atoms with Gasteiger partial charge in [-0.25, -0.2) is 14.4 Å². The Balaban J connectivity index is 1.49. The number of halogens is 3. The second-order valence-electron chi connectivity index (χ2n) is 9.35. The number of rotatable bonds is 4. The summed E-state index contributed by atoms with van der Waals surface area (Å²) in [6, 6.07) is 12.6. The molecular formula is C28H30Cl2FN7. The number of likely N-dealkylation sites (N-methyl/N-ethyl adjacent to an activating group) is 1. The second kappa shape index (κ2) is 11.3. The predicted octanol–water partition coefficient (Wildman–Crippen LogP) is 5.77. The summed E-state index contributed by atoms with van der Waals surface area (Å²) >= 11 is 12.6. The van der Waals surface area contributed by atoms with E-state index in [0.717, 1.165) is 67.5 Å². The van der Waals surface area contributed by atoms with E-state index in [1.807, 2.05) is 31.2 Å². The first-order chi connectivity index (χ1) is 18.4.